The Labute approximate surface area is 159 Å². The first-order valence-electron chi connectivity index (χ1n) is 9.73. The van der Waals surface area contributed by atoms with Crippen molar-refractivity contribution in [3.8, 4) is 0 Å². The van der Waals surface area contributed by atoms with Gasteiger partial charge in [0.15, 0.2) is 0 Å². The highest BCUT2D eigenvalue weighted by Crippen LogP contribution is 2.33. The number of amides is 2. The van der Waals surface area contributed by atoms with Crippen molar-refractivity contribution in [1.29, 1.82) is 0 Å². The average molecular weight is 377 g/mol. The first-order valence-corrected chi connectivity index (χ1v) is 9.73. The van der Waals surface area contributed by atoms with Gasteiger partial charge in [0.2, 0.25) is 0 Å². The summed E-state index contributed by atoms with van der Waals surface area (Å²) in [5.41, 5.74) is 0.162. The molecule has 8 nitrogen and oxygen atoms in total. The van der Waals surface area contributed by atoms with Crippen molar-refractivity contribution in [2.45, 2.75) is 31.9 Å². The highest BCUT2D eigenvalue weighted by atomic mass is 16.6. The fourth-order valence-corrected chi connectivity index (χ4v) is 4.05. The monoisotopic (exact) mass is 377 g/mol. The van der Waals surface area contributed by atoms with Crippen molar-refractivity contribution in [3.05, 3.63) is 23.7 Å². The van der Waals surface area contributed by atoms with E-state index >= 15 is 0 Å². The van der Waals surface area contributed by atoms with Crippen molar-refractivity contribution in [1.82, 2.24) is 14.7 Å². The van der Waals surface area contributed by atoms with Crippen molar-refractivity contribution in [2.75, 3.05) is 52.5 Å². The van der Waals surface area contributed by atoms with E-state index in [0.717, 1.165) is 32.1 Å². The zero-order valence-corrected chi connectivity index (χ0v) is 15.8. The molecule has 1 aromatic rings. The Hall–Kier alpha value is -2.06. The minimum Gasteiger partial charge on any atom is -0.467 e. The Kier molecular flexibility index (Phi) is 5.10. The van der Waals surface area contributed by atoms with E-state index in [9.17, 15) is 9.59 Å². The Morgan fingerprint density at radius 1 is 1.19 bits per heavy atom. The van der Waals surface area contributed by atoms with Gasteiger partial charge in [-0.1, -0.05) is 0 Å². The van der Waals surface area contributed by atoms with Crippen LogP contribution in [0.1, 0.15) is 35.9 Å². The van der Waals surface area contributed by atoms with Gasteiger partial charge in [0, 0.05) is 45.6 Å². The van der Waals surface area contributed by atoms with E-state index in [1.54, 1.807) is 11.2 Å². The zero-order chi connectivity index (χ0) is 18.9. The lowest BCUT2D eigenvalue weighted by Crippen LogP contribution is -2.48. The largest absolute Gasteiger partial charge is 0.467 e. The molecule has 3 aliphatic rings. The van der Waals surface area contributed by atoms with E-state index < -0.39 is 5.60 Å². The van der Waals surface area contributed by atoms with Gasteiger partial charge in [-0.3, -0.25) is 9.69 Å². The standard InChI is InChI=1S/C19H27N3O5/c1-2-21-14-19(27-18(21)24)3-5-22(6-4-19)17(23)15-11-16(26-13-15)12-20-7-9-25-10-8-20/h11,13H,2-10,12,14H2,1H3. The summed E-state index contributed by atoms with van der Waals surface area (Å²) in [6.07, 6.45) is 2.68. The molecular formula is C19H27N3O5. The second-order valence-electron chi connectivity index (χ2n) is 7.55. The minimum absolute atomic E-state index is 0.0153. The molecule has 148 valence electrons. The summed E-state index contributed by atoms with van der Waals surface area (Å²) >= 11 is 0. The van der Waals surface area contributed by atoms with E-state index in [1.165, 1.54) is 0 Å². The van der Waals surface area contributed by atoms with E-state index in [-0.39, 0.29) is 12.0 Å². The molecule has 27 heavy (non-hydrogen) atoms. The van der Waals surface area contributed by atoms with Gasteiger partial charge < -0.3 is 23.7 Å². The number of hydrogen-bond acceptors (Lipinski definition) is 6. The number of morpholine rings is 1. The predicted octanol–water partition coefficient (Wildman–Crippen LogP) is 1.56. The third kappa shape index (κ3) is 3.82. The lowest BCUT2D eigenvalue weighted by atomic mass is 9.91. The molecule has 8 heteroatoms. The van der Waals surface area contributed by atoms with Gasteiger partial charge in [0.05, 0.1) is 31.9 Å². The first-order chi connectivity index (χ1) is 13.1. The summed E-state index contributed by atoms with van der Waals surface area (Å²) in [6, 6.07) is 1.84. The van der Waals surface area contributed by atoms with Gasteiger partial charge in [-0.15, -0.1) is 0 Å². The number of nitrogens with zero attached hydrogens (tertiary/aromatic N) is 3. The maximum absolute atomic E-state index is 12.8. The van der Waals surface area contributed by atoms with Crippen LogP contribution in [0.5, 0.6) is 0 Å². The Bertz CT molecular complexity index is 689. The topological polar surface area (TPSA) is 75.5 Å². The Morgan fingerprint density at radius 2 is 1.93 bits per heavy atom. The molecule has 2 amide bonds. The first kappa shape index (κ1) is 18.3. The maximum Gasteiger partial charge on any atom is 0.410 e. The summed E-state index contributed by atoms with van der Waals surface area (Å²) in [7, 11) is 0. The van der Waals surface area contributed by atoms with Crippen LogP contribution in [0.4, 0.5) is 4.79 Å². The van der Waals surface area contributed by atoms with Crippen LogP contribution < -0.4 is 0 Å². The number of carbonyl (C=O) groups is 2. The molecule has 1 spiro atoms. The average Bonchev–Trinajstić information content (AvgIpc) is 3.27. The number of likely N-dealkylation sites (tertiary alicyclic amines) is 1. The third-order valence-corrected chi connectivity index (χ3v) is 5.77. The normalized spacial score (nSPS) is 23.1. The van der Waals surface area contributed by atoms with Crippen LogP contribution in [0.3, 0.4) is 0 Å². The van der Waals surface area contributed by atoms with Crippen LogP contribution in [0.25, 0.3) is 0 Å². The van der Waals surface area contributed by atoms with Crippen LogP contribution in [0, 0.1) is 0 Å². The van der Waals surface area contributed by atoms with E-state index in [2.05, 4.69) is 4.90 Å². The number of hydrogen-bond donors (Lipinski definition) is 0. The summed E-state index contributed by atoms with van der Waals surface area (Å²) in [5.74, 6) is 0.788. The van der Waals surface area contributed by atoms with Crippen LogP contribution >= 0.6 is 0 Å². The number of carbonyl (C=O) groups excluding carboxylic acids is 2. The molecular weight excluding hydrogens is 350 g/mol. The molecule has 0 N–H and O–H groups in total. The Balaban J connectivity index is 1.32. The van der Waals surface area contributed by atoms with Gasteiger partial charge in [0.25, 0.3) is 5.91 Å². The fourth-order valence-electron chi connectivity index (χ4n) is 4.05. The summed E-state index contributed by atoms with van der Waals surface area (Å²) in [4.78, 5) is 30.5. The highest BCUT2D eigenvalue weighted by molar-refractivity contribution is 5.94. The molecule has 1 aromatic heterocycles. The van der Waals surface area contributed by atoms with Crippen LogP contribution in [-0.4, -0.2) is 84.8 Å². The predicted molar refractivity (Wildman–Crippen MR) is 96.4 cm³/mol. The smallest absolute Gasteiger partial charge is 0.410 e. The van der Waals surface area contributed by atoms with Gasteiger partial charge in [0.1, 0.15) is 17.6 Å². The molecule has 0 radical (unpaired) electrons. The second-order valence-corrected chi connectivity index (χ2v) is 7.55. The zero-order valence-electron chi connectivity index (χ0n) is 15.8. The Morgan fingerprint density at radius 3 is 2.59 bits per heavy atom. The number of furan rings is 1. The molecule has 0 unspecified atom stereocenters. The van der Waals surface area contributed by atoms with Crippen molar-refractivity contribution < 1.29 is 23.5 Å². The number of piperidine rings is 1. The number of ether oxygens (including phenoxy) is 2. The summed E-state index contributed by atoms with van der Waals surface area (Å²) < 4.78 is 16.6. The van der Waals surface area contributed by atoms with Gasteiger partial charge in [-0.2, -0.15) is 0 Å². The van der Waals surface area contributed by atoms with Gasteiger partial charge in [-0.25, -0.2) is 4.79 Å². The van der Waals surface area contributed by atoms with Gasteiger partial charge in [-0.05, 0) is 13.0 Å². The highest BCUT2D eigenvalue weighted by Gasteiger charge is 2.47. The molecule has 0 atom stereocenters. The van der Waals surface area contributed by atoms with Crippen molar-refractivity contribution in [2.24, 2.45) is 0 Å². The molecule has 0 aromatic carbocycles. The SMILES string of the molecule is CCN1CC2(CCN(C(=O)c3coc(CN4CCOCC4)c3)CC2)OC1=O. The van der Waals surface area contributed by atoms with Crippen LogP contribution in [0.15, 0.2) is 16.7 Å². The lowest BCUT2D eigenvalue weighted by molar-refractivity contribution is 0.00312. The lowest BCUT2D eigenvalue weighted by Gasteiger charge is -2.37. The van der Waals surface area contributed by atoms with E-state index in [1.807, 2.05) is 17.9 Å². The fraction of sp³-hybridized carbons (Fsp3) is 0.684. The van der Waals surface area contributed by atoms with Crippen LogP contribution in [0.2, 0.25) is 0 Å². The van der Waals surface area contributed by atoms with Crippen molar-refractivity contribution in [3.63, 3.8) is 0 Å². The molecule has 3 saturated heterocycles. The van der Waals surface area contributed by atoms with E-state index in [4.69, 9.17) is 13.9 Å². The molecule has 0 bridgehead atoms. The maximum atomic E-state index is 12.8. The molecule has 4 rings (SSSR count). The van der Waals surface area contributed by atoms with Gasteiger partial charge >= 0.3 is 6.09 Å². The van der Waals surface area contributed by atoms with Crippen LogP contribution in [-0.2, 0) is 16.0 Å². The molecule has 3 aliphatic heterocycles. The molecule has 0 aliphatic carbocycles. The van der Waals surface area contributed by atoms with Crippen molar-refractivity contribution >= 4 is 12.0 Å². The summed E-state index contributed by atoms with van der Waals surface area (Å²) in [5, 5.41) is 0. The molecule has 0 saturated carbocycles. The van der Waals surface area contributed by atoms with E-state index in [0.29, 0.717) is 51.1 Å². The second kappa shape index (κ2) is 7.52. The number of rotatable bonds is 4. The third-order valence-electron chi connectivity index (χ3n) is 5.77. The number of likely N-dealkylation sites (N-methyl/N-ethyl adjacent to an activating group) is 1. The summed E-state index contributed by atoms with van der Waals surface area (Å²) in [6.45, 7) is 8.35. The molecule has 4 heterocycles. The molecule has 3 fully saturated rings. The quantitative estimate of drug-likeness (QED) is 0.793. The minimum atomic E-state index is -0.429.